The molecule has 1 unspecified atom stereocenters. The van der Waals surface area contributed by atoms with Crippen molar-refractivity contribution >= 4 is 21.7 Å². The Balaban J connectivity index is 1.79. The van der Waals surface area contributed by atoms with Crippen molar-refractivity contribution in [1.29, 1.82) is 0 Å². The Bertz CT molecular complexity index is 577. The van der Waals surface area contributed by atoms with Crippen LogP contribution >= 0.6 is 0 Å². The van der Waals surface area contributed by atoms with Gasteiger partial charge in [0.25, 0.3) is 0 Å². The lowest BCUT2D eigenvalue weighted by molar-refractivity contribution is -0.147. The van der Waals surface area contributed by atoms with E-state index in [1.54, 1.807) is 0 Å². The van der Waals surface area contributed by atoms with Crippen molar-refractivity contribution in [3.05, 3.63) is 0 Å². The number of carbonyl (C=O) groups excluding carboxylic acids is 2. The first-order valence-electron chi connectivity index (χ1n) is 9.01. The molecule has 2 fully saturated rings. The summed E-state index contributed by atoms with van der Waals surface area (Å²) in [6, 6.07) is -0.457. The van der Waals surface area contributed by atoms with Gasteiger partial charge in [-0.1, -0.05) is 0 Å². The summed E-state index contributed by atoms with van der Waals surface area (Å²) in [6.07, 6.45) is 1.11. The average molecular weight is 391 g/mol. The van der Waals surface area contributed by atoms with E-state index in [9.17, 15) is 18.0 Å². The normalized spacial score (nSPS) is 22.9. The van der Waals surface area contributed by atoms with Crippen molar-refractivity contribution in [2.24, 2.45) is 0 Å². The molecule has 0 spiro atoms. The Morgan fingerprint density at radius 2 is 2.04 bits per heavy atom. The first-order chi connectivity index (χ1) is 12.4. The highest BCUT2D eigenvalue weighted by molar-refractivity contribution is 7.91. The number of sulfone groups is 1. The van der Waals surface area contributed by atoms with E-state index in [1.807, 2.05) is 0 Å². The number of nitrogens with zero attached hydrogens (tertiary/aromatic N) is 2. The summed E-state index contributed by atoms with van der Waals surface area (Å²) in [5.41, 5.74) is 0. The fraction of sp³-hybridized carbons (Fsp3) is 0.875. The van der Waals surface area contributed by atoms with E-state index in [-0.39, 0.29) is 24.7 Å². The van der Waals surface area contributed by atoms with Crippen LogP contribution in [0, 0.1) is 0 Å². The Morgan fingerprint density at radius 1 is 1.31 bits per heavy atom. The Kier molecular flexibility index (Phi) is 8.26. The fourth-order valence-corrected chi connectivity index (χ4v) is 4.93. The first kappa shape index (κ1) is 21.1. The van der Waals surface area contributed by atoms with Crippen molar-refractivity contribution in [3.63, 3.8) is 0 Å². The van der Waals surface area contributed by atoms with Crippen LogP contribution in [0.3, 0.4) is 0 Å². The zero-order valence-electron chi connectivity index (χ0n) is 15.3. The molecule has 10 heteroatoms. The van der Waals surface area contributed by atoms with Gasteiger partial charge in [-0.3, -0.25) is 14.5 Å². The largest absolute Gasteiger partial charge is 0.383 e. The van der Waals surface area contributed by atoms with Crippen LogP contribution in [0.2, 0.25) is 0 Å². The molecule has 0 aromatic carbocycles. The van der Waals surface area contributed by atoms with E-state index in [2.05, 4.69) is 10.2 Å². The minimum absolute atomic E-state index is 0.0512. The summed E-state index contributed by atoms with van der Waals surface area (Å²) < 4.78 is 33.7. The quantitative estimate of drug-likeness (QED) is 0.396. The summed E-state index contributed by atoms with van der Waals surface area (Å²) in [4.78, 5) is 28.3. The van der Waals surface area contributed by atoms with Gasteiger partial charge in [-0.2, -0.15) is 0 Å². The Hall–Kier alpha value is -1.23. The summed E-state index contributed by atoms with van der Waals surface area (Å²) in [5, 5.41) is 2.64. The Labute approximate surface area is 154 Å². The second-order valence-corrected chi connectivity index (χ2v) is 8.84. The van der Waals surface area contributed by atoms with Gasteiger partial charge in [0.1, 0.15) is 0 Å². The summed E-state index contributed by atoms with van der Waals surface area (Å²) in [6.45, 7) is 4.92. The standard InChI is InChI=1S/C16H29N3O6S/c1-24-9-8-19(14-3-12-26(22,23)13-14)16(21)15(20)17-4-2-5-18-6-10-25-11-7-18/h14H,2-13H2,1H3,(H,17,20). The first-order valence-corrected chi connectivity index (χ1v) is 10.8. The van der Waals surface area contributed by atoms with Gasteiger partial charge in [-0.25, -0.2) is 8.42 Å². The zero-order chi connectivity index (χ0) is 19.0. The minimum atomic E-state index is -3.14. The SMILES string of the molecule is COCCN(C(=O)C(=O)NCCCN1CCOCC1)C1CCS(=O)(=O)C1. The van der Waals surface area contributed by atoms with Gasteiger partial charge < -0.3 is 19.7 Å². The molecule has 0 aromatic rings. The van der Waals surface area contributed by atoms with Crippen molar-refractivity contribution in [1.82, 2.24) is 15.1 Å². The average Bonchev–Trinajstić information content (AvgIpc) is 2.99. The second-order valence-electron chi connectivity index (χ2n) is 6.61. The van der Waals surface area contributed by atoms with Gasteiger partial charge in [-0.05, 0) is 19.4 Å². The molecule has 26 heavy (non-hydrogen) atoms. The third kappa shape index (κ3) is 6.49. The summed E-state index contributed by atoms with van der Waals surface area (Å²) in [5.74, 6) is -1.41. The van der Waals surface area contributed by atoms with Crippen LogP contribution in [0.25, 0.3) is 0 Å². The topological polar surface area (TPSA) is 105 Å². The highest BCUT2D eigenvalue weighted by Gasteiger charge is 2.36. The van der Waals surface area contributed by atoms with Crippen LogP contribution < -0.4 is 5.32 Å². The molecule has 2 aliphatic heterocycles. The van der Waals surface area contributed by atoms with E-state index in [1.165, 1.54) is 12.0 Å². The van der Waals surface area contributed by atoms with Gasteiger partial charge >= 0.3 is 11.8 Å². The molecule has 0 aliphatic carbocycles. The number of methoxy groups -OCH3 is 1. The van der Waals surface area contributed by atoms with Gasteiger partial charge in [0.2, 0.25) is 0 Å². The van der Waals surface area contributed by atoms with E-state index >= 15 is 0 Å². The number of rotatable bonds is 8. The van der Waals surface area contributed by atoms with E-state index in [4.69, 9.17) is 9.47 Å². The van der Waals surface area contributed by atoms with Gasteiger partial charge in [0.15, 0.2) is 9.84 Å². The molecule has 150 valence electrons. The second kappa shape index (κ2) is 10.2. The summed E-state index contributed by atoms with van der Waals surface area (Å²) >= 11 is 0. The number of amides is 2. The fourth-order valence-electron chi connectivity index (χ4n) is 3.20. The van der Waals surface area contributed by atoms with Gasteiger partial charge in [0, 0.05) is 39.3 Å². The lowest BCUT2D eigenvalue weighted by Gasteiger charge is -2.28. The molecule has 2 amide bonds. The minimum Gasteiger partial charge on any atom is -0.383 e. The molecule has 9 nitrogen and oxygen atoms in total. The van der Waals surface area contributed by atoms with Crippen LogP contribution in [-0.4, -0.2) is 107 Å². The van der Waals surface area contributed by atoms with Crippen molar-refractivity contribution in [3.8, 4) is 0 Å². The van der Waals surface area contributed by atoms with Crippen LogP contribution in [0.15, 0.2) is 0 Å². The molecule has 0 saturated carbocycles. The van der Waals surface area contributed by atoms with Crippen molar-refractivity contribution < 1.29 is 27.5 Å². The smallest absolute Gasteiger partial charge is 0.312 e. The number of carbonyl (C=O) groups is 2. The third-order valence-electron chi connectivity index (χ3n) is 4.68. The van der Waals surface area contributed by atoms with Gasteiger partial charge in [-0.15, -0.1) is 0 Å². The van der Waals surface area contributed by atoms with Crippen LogP contribution in [0.1, 0.15) is 12.8 Å². The number of ether oxygens (including phenoxy) is 2. The maximum absolute atomic E-state index is 12.5. The summed E-state index contributed by atoms with van der Waals surface area (Å²) in [7, 11) is -1.64. The molecule has 0 bridgehead atoms. The molecule has 1 N–H and O–H groups in total. The molecule has 2 saturated heterocycles. The van der Waals surface area contributed by atoms with E-state index in [0.717, 1.165) is 39.3 Å². The highest BCUT2D eigenvalue weighted by atomic mass is 32.2. The highest BCUT2D eigenvalue weighted by Crippen LogP contribution is 2.18. The maximum Gasteiger partial charge on any atom is 0.312 e. The number of morpholine rings is 1. The molecule has 2 heterocycles. The molecule has 1 atom stereocenters. The lowest BCUT2D eigenvalue weighted by atomic mass is 10.2. The number of nitrogens with one attached hydrogen (secondary N) is 1. The van der Waals surface area contributed by atoms with E-state index < -0.39 is 27.7 Å². The van der Waals surface area contributed by atoms with E-state index in [0.29, 0.717) is 13.0 Å². The predicted molar refractivity (Wildman–Crippen MR) is 95.5 cm³/mol. The molecule has 2 rings (SSSR count). The van der Waals surface area contributed by atoms with Crippen LogP contribution in [0.5, 0.6) is 0 Å². The molecular weight excluding hydrogens is 362 g/mol. The molecule has 0 radical (unpaired) electrons. The van der Waals surface area contributed by atoms with Gasteiger partial charge in [0.05, 0.1) is 31.3 Å². The number of hydrogen-bond acceptors (Lipinski definition) is 7. The van der Waals surface area contributed by atoms with Crippen molar-refractivity contribution in [2.45, 2.75) is 18.9 Å². The monoisotopic (exact) mass is 391 g/mol. The molecule has 0 aromatic heterocycles. The lowest BCUT2D eigenvalue weighted by Crippen LogP contribution is -2.50. The molecular formula is C16H29N3O6S. The van der Waals surface area contributed by atoms with Crippen LogP contribution in [-0.2, 0) is 28.9 Å². The zero-order valence-corrected chi connectivity index (χ0v) is 16.1. The Morgan fingerprint density at radius 3 is 2.65 bits per heavy atom. The molecule has 2 aliphatic rings. The maximum atomic E-state index is 12.5. The number of hydrogen-bond donors (Lipinski definition) is 1. The van der Waals surface area contributed by atoms with Crippen molar-refractivity contribution in [2.75, 3.05) is 71.2 Å². The van der Waals surface area contributed by atoms with Crippen LogP contribution in [0.4, 0.5) is 0 Å². The third-order valence-corrected chi connectivity index (χ3v) is 6.43. The predicted octanol–water partition coefficient (Wildman–Crippen LogP) is -1.51.